The Hall–Kier alpha value is -2.17. The van der Waals surface area contributed by atoms with E-state index in [-0.39, 0.29) is 35.9 Å². The zero-order chi connectivity index (χ0) is 16.9. The molecule has 0 aliphatic carbocycles. The van der Waals surface area contributed by atoms with Gasteiger partial charge in [-0.05, 0) is 12.1 Å². The monoisotopic (exact) mass is 455 g/mol. The molecule has 134 valence electrons. The molecule has 3 rings (SSSR count). The third-order valence-electron chi connectivity index (χ3n) is 3.98. The van der Waals surface area contributed by atoms with E-state index in [0.717, 1.165) is 11.5 Å². The zero-order valence-electron chi connectivity index (χ0n) is 14.2. The number of nitrogens with zero attached hydrogens (tertiary/aromatic N) is 5. The maximum Gasteiger partial charge on any atom is 0.229 e. The van der Waals surface area contributed by atoms with E-state index in [9.17, 15) is 4.79 Å². The molecule has 0 bridgehead atoms. The van der Waals surface area contributed by atoms with Gasteiger partial charge < -0.3 is 15.5 Å². The molecule has 2 N–H and O–H groups in total. The number of para-hydroxylation sites is 1. The van der Waals surface area contributed by atoms with Gasteiger partial charge in [-0.3, -0.25) is 14.5 Å². The van der Waals surface area contributed by atoms with E-state index in [4.69, 9.17) is 0 Å². The summed E-state index contributed by atoms with van der Waals surface area (Å²) < 4.78 is 1.70. The normalized spacial score (nSPS) is 17.4. The van der Waals surface area contributed by atoms with Crippen molar-refractivity contribution < 1.29 is 4.79 Å². The van der Waals surface area contributed by atoms with E-state index in [1.807, 2.05) is 37.4 Å². The van der Waals surface area contributed by atoms with Gasteiger partial charge in [0, 0.05) is 32.7 Å². The Kier molecular flexibility index (Phi) is 6.73. The van der Waals surface area contributed by atoms with Crippen LogP contribution in [0.5, 0.6) is 0 Å². The minimum Gasteiger partial charge on any atom is -0.351 e. The molecule has 1 amide bonds. The molecule has 0 spiro atoms. The van der Waals surface area contributed by atoms with Crippen LogP contribution in [0.15, 0.2) is 41.7 Å². The van der Waals surface area contributed by atoms with Crippen molar-refractivity contribution in [3.05, 3.63) is 42.5 Å². The number of nitrogens with one attached hydrogen (secondary N) is 2. The number of rotatable bonds is 4. The topological polar surface area (TPSA) is 87.4 Å². The second-order valence-corrected chi connectivity index (χ2v) is 5.61. The van der Waals surface area contributed by atoms with Crippen LogP contribution in [0.25, 0.3) is 0 Å². The number of carbonyl (C=O) groups is 1. The summed E-state index contributed by atoms with van der Waals surface area (Å²) in [5.41, 5.74) is 0.925. The first-order chi connectivity index (χ1) is 11.7. The quantitative estimate of drug-likeness (QED) is 0.407. The average Bonchev–Trinajstić information content (AvgIpc) is 3.17. The molecule has 0 saturated carbocycles. The highest BCUT2D eigenvalue weighted by Gasteiger charge is 2.31. The summed E-state index contributed by atoms with van der Waals surface area (Å²) in [5.74, 6) is 1.57. The fraction of sp³-hybridized carbons (Fsp3) is 0.375. The zero-order valence-corrected chi connectivity index (χ0v) is 16.5. The van der Waals surface area contributed by atoms with Crippen LogP contribution in [0.4, 0.5) is 5.69 Å². The van der Waals surface area contributed by atoms with Crippen LogP contribution < -0.4 is 15.5 Å². The molecule has 1 aromatic carbocycles. The number of hydrogen-bond donors (Lipinski definition) is 2. The number of benzene rings is 1. The number of halogens is 1. The minimum absolute atomic E-state index is 0. The number of carbonyl (C=O) groups excluding carboxylic acids is 1. The van der Waals surface area contributed by atoms with Crippen molar-refractivity contribution >= 4 is 41.5 Å². The SMILES string of the molecule is CN=C(NCc1ncnn1C)NC1CC(=O)N(c2ccccc2)C1.I. The molecule has 9 heteroatoms. The average molecular weight is 455 g/mol. The van der Waals surface area contributed by atoms with Crippen molar-refractivity contribution in [3.63, 3.8) is 0 Å². The van der Waals surface area contributed by atoms with Gasteiger partial charge in [0.25, 0.3) is 0 Å². The van der Waals surface area contributed by atoms with Gasteiger partial charge in [0.15, 0.2) is 5.96 Å². The number of amides is 1. The molecule has 2 aromatic rings. The lowest BCUT2D eigenvalue weighted by atomic mass is 10.2. The minimum atomic E-state index is 0. The molecule has 0 radical (unpaired) electrons. The van der Waals surface area contributed by atoms with Gasteiger partial charge in [-0.2, -0.15) is 5.10 Å². The first-order valence-corrected chi connectivity index (χ1v) is 7.83. The molecule has 1 aliphatic heterocycles. The van der Waals surface area contributed by atoms with Crippen molar-refractivity contribution in [2.45, 2.75) is 19.0 Å². The molecular formula is C16H22IN7O. The Labute approximate surface area is 163 Å². The van der Waals surface area contributed by atoms with Gasteiger partial charge in [0.2, 0.25) is 5.91 Å². The highest BCUT2D eigenvalue weighted by atomic mass is 127. The van der Waals surface area contributed by atoms with Crippen LogP contribution in [-0.4, -0.2) is 46.3 Å². The lowest BCUT2D eigenvalue weighted by Crippen LogP contribution is -2.44. The molecule has 1 unspecified atom stereocenters. The number of guanidine groups is 1. The Morgan fingerprint density at radius 3 is 2.76 bits per heavy atom. The Bertz CT molecular complexity index is 731. The van der Waals surface area contributed by atoms with Gasteiger partial charge in [-0.15, -0.1) is 24.0 Å². The van der Waals surface area contributed by atoms with Gasteiger partial charge in [-0.25, -0.2) is 4.98 Å². The van der Waals surface area contributed by atoms with Gasteiger partial charge >= 0.3 is 0 Å². The Morgan fingerprint density at radius 1 is 1.36 bits per heavy atom. The van der Waals surface area contributed by atoms with Crippen molar-refractivity contribution in [2.24, 2.45) is 12.0 Å². The maximum absolute atomic E-state index is 12.2. The Morgan fingerprint density at radius 2 is 2.12 bits per heavy atom. The number of aliphatic imine (C=N–C) groups is 1. The molecule has 8 nitrogen and oxygen atoms in total. The van der Waals surface area contributed by atoms with Crippen molar-refractivity contribution in [3.8, 4) is 0 Å². The first kappa shape index (κ1) is 19.2. The van der Waals surface area contributed by atoms with E-state index >= 15 is 0 Å². The summed E-state index contributed by atoms with van der Waals surface area (Å²) >= 11 is 0. The molecule has 1 aromatic heterocycles. The molecule has 25 heavy (non-hydrogen) atoms. The largest absolute Gasteiger partial charge is 0.351 e. The number of aromatic nitrogens is 3. The van der Waals surface area contributed by atoms with Crippen LogP contribution in [0.3, 0.4) is 0 Å². The van der Waals surface area contributed by atoms with Crippen LogP contribution in [0.2, 0.25) is 0 Å². The third-order valence-corrected chi connectivity index (χ3v) is 3.98. The number of hydrogen-bond acceptors (Lipinski definition) is 4. The van der Waals surface area contributed by atoms with E-state index < -0.39 is 0 Å². The van der Waals surface area contributed by atoms with Gasteiger partial charge in [0.05, 0.1) is 12.6 Å². The molecule has 2 heterocycles. The molecule has 1 atom stereocenters. The molecule has 1 aliphatic rings. The maximum atomic E-state index is 12.2. The second kappa shape index (κ2) is 8.79. The lowest BCUT2D eigenvalue weighted by molar-refractivity contribution is -0.117. The van der Waals surface area contributed by atoms with E-state index in [0.29, 0.717) is 25.5 Å². The van der Waals surface area contributed by atoms with E-state index in [2.05, 4.69) is 25.7 Å². The summed E-state index contributed by atoms with van der Waals surface area (Å²) in [6.07, 6.45) is 1.96. The predicted molar refractivity (Wildman–Crippen MR) is 107 cm³/mol. The summed E-state index contributed by atoms with van der Waals surface area (Å²) in [5, 5.41) is 10.5. The van der Waals surface area contributed by atoms with Gasteiger partial charge in [-0.1, -0.05) is 18.2 Å². The highest BCUT2D eigenvalue weighted by molar-refractivity contribution is 14.0. The fourth-order valence-corrected chi connectivity index (χ4v) is 2.69. The summed E-state index contributed by atoms with van der Waals surface area (Å²) in [6.45, 7) is 1.13. The van der Waals surface area contributed by atoms with Crippen LogP contribution in [0, 0.1) is 0 Å². The van der Waals surface area contributed by atoms with Crippen molar-refractivity contribution in [2.75, 3.05) is 18.5 Å². The smallest absolute Gasteiger partial charge is 0.229 e. The number of anilines is 1. The van der Waals surface area contributed by atoms with E-state index in [1.165, 1.54) is 6.33 Å². The second-order valence-electron chi connectivity index (χ2n) is 5.61. The van der Waals surface area contributed by atoms with Crippen LogP contribution in [0.1, 0.15) is 12.2 Å². The lowest BCUT2D eigenvalue weighted by Gasteiger charge is -2.18. The highest BCUT2D eigenvalue weighted by Crippen LogP contribution is 2.20. The summed E-state index contributed by atoms with van der Waals surface area (Å²) in [7, 11) is 3.55. The van der Waals surface area contributed by atoms with Crippen LogP contribution >= 0.6 is 24.0 Å². The first-order valence-electron chi connectivity index (χ1n) is 7.83. The third kappa shape index (κ3) is 4.68. The summed E-state index contributed by atoms with van der Waals surface area (Å²) in [6, 6.07) is 9.72. The van der Waals surface area contributed by atoms with Crippen LogP contribution in [-0.2, 0) is 18.4 Å². The van der Waals surface area contributed by atoms with Gasteiger partial charge in [0.1, 0.15) is 12.2 Å². The van der Waals surface area contributed by atoms with Crippen molar-refractivity contribution in [1.29, 1.82) is 0 Å². The summed E-state index contributed by atoms with van der Waals surface area (Å²) in [4.78, 5) is 22.4. The molecule has 1 fully saturated rings. The molecule has 1 saturated heterocycles. The van der Waals surface area contributed by atoms with Crippen molar-refractivity contribution in [1.82, 2.24) is 25.4 Å². The fourth-order valence-electron chi connectivity index (χ4n) is 2.69. The molecular weight excluding hydrogens is 433 g/mol. The number of aryl methyl sites for hydroxylation is 1. The predicted octanol–water partition coefficient (Wildman–Crippen LogP) is 0.904. The standard InChI is InChI=1S/C16H21N7O.HI/c1-17-16(18-9-14-19-11-20-22(14)2)21-12-8-15(24)23(10-12)13-6-4-3-5-7-13;/h3-7,11-12H,8-10H2,1-2H3,(H2,17,18,21);1H. The van der Waals surface area contributed by atoms with E-state index in [1.54, 1.807) is 16.6 Å². The Balaban J connectivity index is 0.00000225.